The van der Waals surface area contributed by atoms with Crippen molar-refractivity contribution in [3.05, 3.63) is 41.5 Å². The molecule has 2 heterocycles. The van der Waals surface area contributed by atoms with E-state index in [4.69, 9.17) is 0 Å². The zero-order valence-corrected chi connectivity index (χ0v) is 11.8. The number of alkyl halides is 3. The van der Waals surface area contributed by atoms with Gasteiger partial charge in [-0.2, -0.15) is 13.2 Å². The van der Waals surface area contributed by atoms with E-state index >= 15 is 0 Å². The number of halogens is 4. The summed E-state index contributed by atoms with van der Waals surface area (Å²) in [6.07, 6.45) is -3.32. The molecule has 5 nitrogen and oxygen atoms in total. The maximum absolute atomic E-state index is 13.4. The SMILES string of the molecule is O=C(c1nnn(-c2ccc(F)cc2)c1C(F)(F)F)N1CCCC1. The fourth-order valence-corrected chi connectivity index (χ4v) is 2.51. The Kier molecular flexibility index (Phi) is 3.78. The molecule has 0 bridgehead atoms. The van der Waals surface area contributed by atoms with Gasteiger partial charge >= 0.3 is 6.18 Å². The minimum absolute atomic E-state index is 0.0216. The Labute approximate surface area is 128 Å². The average molecular weight is 328 g/mol. The molecule has 0 spiro atoms. The zero-order chi connectivity index (χ0) is 16.6. The van der Waals surface area contributed by atoms with E-state index in [1.807, 2.05) is 0 Å². The van der Waals surface area contributed by atoms with Crippen molar-refractivity contribution in [2.24, 2.45) is 0 Å². The van der Waals surface area contributed by atoms with Crippen LogP contribution in [0.2, 0.25) is 0 Å². The van der Waals surface area contributed by atoms with E-state index < -0.39 is 29.3 Å². The van der Waals surface area contributed by atoms with Crippen LogP contribution in [0, 0.1) is 5.82 Å². The molecule has 23 heavy (non-hydrogen) atoms. The van der Waals surface area contributed by atoms with Crippen molar-refractivity contribution in [1.82, 2.24) is 19.9 Å². The van der Waals surface area contributed by atoms with Gasteiger partial charge in [-0.25, -0.2) is 9.07 Å². The second-order valence-corrected chi connectivity index (χ2v) is 5.17. The van der Waals surface area contributed by atoms with Gasteiger partial charge in [0.25, 0.3) is 5.91 Å². The Balaban J connectivity index is 2.07. The fraction of sp³-hybridized carbons (Fsp3) is 0.357. The van der Waals surface area contributed by atoms with Crippen molar-refractivity contribution in [3.63, 3.8) is 0 Å². The van der Waals surface area contributed by atoms with Crippen molar-refractivity contribution >= 4 is 5.91 Å². The molecule has 2 aromatic rings. The van der Waals surface area contributed by atoms with Crippen LogP contribution in [0.3, 0.4) is 0 Å². The highest BCUT2D eigenvalue weighted by atomic mass is 19.4. The van der Waals surface area contributed by atoms with Crippen molar-refractivity contribution < 1.29 is 22.4 Å². The van der Waals surface area contributed by atoms with Crippen LogP contribution in [0.25, 0.3) is 5.69 Å². The minimum atomic E-state index is -4.82. The summed E-state index contributed by atoms with van der Waals surface area (Å²) in [5.41, 5.74) is -2.00. The minimum Gasteiger partial charge on any atom is -0.337 e. The summed E-state index contributed by atoms with van der Waals surface area (Å²) in [5.74, 6) is -1.38. The standard InChI is InChI=1S/C14H12F4N4O/c15-9-3-5-10(6-4-9)22-12(14(16,17)18)11(19-20-22)13(23)21-7-1-2-8-21/h3-6H,1-2,7-8H2. The molecule has 1 aromatic heterocycles. The largest absolute Gasteiger partial charge is 0.435 e. The van der Waals surface area contributed by atoms with Gasteiger partial charge in [0, 0.05) is 13.1 Å². The second kappa shape index (κ2) is 5.64. The molecule has 1 saturated heterocycles. The molecule has 0 aliphatic carbocycles. The molecule has 0 saturated carbocycles. The van der Waals surface area contributed by atoms with Crippen LogP contribution >= 0.6 is 0 Å². The van der Waals surface area contributed by atoms with Gasteiger partial charge in [-0.15, -0.1) is 5.10 Å². The highest BCUT2D eigenvalue weighted by Crippen LogP contribution is 2.33. The molecule has 0 unspecified atom stereocenters. The fourth-order valence-electron chi connectivity index (χ4n) is 2.51. The number of carbonyl (C=O) groups excluding carboxylic acids is 1. The molecule has 0 N–H and O–H groups in total. The highest BCUT2D eigenvalue weighted by Gasteiger charge is 2.43. The van der Waals surface area contributed by atoms with Gasteiger partial charge in [0.2, 0.25) is 0 Å². The summed E-state index contributed by atoms with van der Waals surface area (Å²) in [4.78, 5) is 13.6. The number of likely N-dealkylation sites (tertiary alicyclic amines) is 1. The van der Waals surface area contributed by atoms with E-state index in [0.29, 0.717) is 17.8 Å². The third-order valence-corrected chi connectivity index (χ3v) is 3.61. The van der Waals surface area contributed by atoms with Crippen LogP contribution < -0.4 is 0 Å². The van der Waals surface area contributed by atoms with Crippen LogP contribution in [-0.2, 0) is 6.18 Å². The molecular formula is C14H12F4N4O. The predicted molar refractivity (Wildman–Crippen MR) is 71.5 cm³/mol. The van der Waals surface area contributed by atoms with Crippen LogP contribution in [-0.4, -0.2) is 38.9 Å². The number of benzene rings is 1. The normalized spacial score (nSPS) is 15.2. The number of carbonyl (C=O) groups is 1. The third kappa shape index (κ3) is 2.90. The first-order chi connectivity index (χ1) is 10.9. The van der Waals surface area contributed by atoms with Crippen molar-refractivity contribution in [2.75, 3.05) is 13.1 Å². The first kappa shape index (κ1) is 15.4. The summed E-state index contributed by atoms with van der Waals surface area (Å²) < 4.78 is 53.7. The monoisotopic (exact) mass is 328 g/mol. The Hall–Kier alpha value is -2.45. The molecule has 3 rings (SSSR count). The number of hydrogen-bond donors (Lipinski definition) is 0. The first-order valence-electron chi connectivity index (χ1n) is 6.96. The molecule has 1 fully saturated rings. The van der Waals surface area contributed by atoms with Gasteiger partial charge in [-0.1, -0.05) is 5.21 Å². The number of hydrogen-bond acceptors (Lipinski definition) is 3. The number of nitrogens with zero attached hydrogens (tertiary/aromatic N) is 4. The lowest BCUT2D eigenvalue weighted by molar-refractivity contribution is -0.143. The maximum atomic E-state index is 13.4. The van der Waals surface area contributed by atoms with Gasteiger partial charge in [0.15, 0.2) is 11.4 Å². The number of amides is 1. The summed E-state index contributed by atoms with van der Waals surface area (Å²) in [7, 11) is 0. The highest BCUT2D eigenvalue weighted by molar-refractivity contribution is 5.93. The molecule has 1 amide bonds. The van der Waals surface area contributed by atoms with E-state index in [2.05, 4.69) is 10.3 Å². The molecular weight excluding hydrogens is 316 g/mol. The molecule has 1 aliphatic heterocycles. The van der Waals surface area contributed by atoms with Crippen molar-refractivity contribution in [3.8, 4) is 5.69 Å². The van der Waals surface area contributed by atoms with Crippen LogP contribution in [0.15, 0.2) is 24.3 Å². The predicted octanol–water partition coefficient (Wildman–Crippen LogP) is 2.66. The van der Waals surface area contributed by atoms with E-state index in [0.717, 1.165) is 37.1 Å². The topological polar surface area (TPSA) is 51.0 Å². The zero-order valence-electron chi connectivity index (χ0n) is 11.8. The van der Waals surface area contributed by atoms with E-state index in [1.54, 1.807) is 0 Å². The molecule has 0 atom stereocenters. The lowest BCUT2D eigenvalue weighted by atomic mass is 10.2. The molecule has 1 aliphatic rings. The number of rotatable bonds is 2. The Morgan fingerprint density at radius 2 is 1.70 bits per heavy atom. The van der Waals surface area contributed by atoms with E-state index in [-0.39, 0.29) is 5.69 Å². The van der Waals surface area contributed by atoms with E-state index in [9.17, 15) is 22.4 Å². The lowest BCUT2D eigenvalue weighted by Gasteiger charge is -2.15. The van der Waals surface area contributed by atoms with Gasteiger partial charge in [0.05, 0.1) is 5.69 Å². The quantitative estimate of drug-likeness (QED) is 0.797. The summed E-state index contributed by atoms with van der Waals surface area (Å²) >= 11 is 0. The van der Waals surface area contributed by atoms with Gasteiger partial charge in [0.1, 0.15) is 5.82 Å². The first-order valence-corrected chi connectivity index (χ1v) is 6.96. The van der Waals surface area contributed by atoms with Crippen molar-refractivity contribution in [1.29, 1.82) is 0 Å². The smallest absolute Gasteiger partial charge is 0.337 e. The second-order valence-electron chi connectivity index (χ2n) is 5.17. The van der Waals surface area contributed by atoms with Gasteiger partial charge < -0.3 is 4.90 Å². The Morgan fingerprint density at radius 1 is 1.09 bits per heavy atom. The summed E-state index contributed by atoms with van der Waals surface area (Å²) in [5, 5.41) is 6.89. The summed E-state index contributed by atoms with van der Waals surface area (Å²) in [6, 6.07) is 4.31. The van der Waals surface area contributed by atoms with Crippen molar-refractivity contribution in [2.45, 2.75) is 19.0 Å². The Morgan fingerprint density at radius 3 is 2.26 bits per heavy atom. The van der Waals surface area contributed by atoms with E-state index in [1.165, 1.54) is 4.90 Å². The molecule has 9 heteroatoms. The Bertz CT molecular complexity index is 717. The molecule has 0 radical (unpaired) electrons. The molecule has 1 aromatic carbocycles. The van der Waals surface area contributed by atoms with Crippen LogP contribution in [0.5, 0.6) is 0 Å². The third-order valence-electron chi connectivity index (χ3n) is 3.61. The van der Waals surface area contributed by atoms with Crippen LogP contribution in [0.1, 0.15) is 29.0 Å². The maximum Gasteiger partial charge on any atom is 0.435 e. The van der Waals surface area contributed by atoms with Gasteiger partial charge in [-0.05, 0) is 37.1 Å². The summed E-state index contributed by atoms with van der Waals surface area (Å²) in [6.45, 7) is 0.805. The van der Waals surface area contributed by atoms with Gasteiger partial charge in [-0.3, -0.25) is 4.79 Å². The van der Waals surface area contributed by atoms with Crippen LogP contribution in [0.4, 0.5) is 17.6 Å². The number of aromatic nitrogens is 3. The average Bonchev–Trinajstić information content (AvgIpc) is 3.16. The lowest BCUT2D eigenvalue weighted by Crippen LogP contribution is -2.30. The molecule has 122 valence electrons.